The van der Waals surface area contributed by atoms with Crippen molar-refractivity contribution in [2.75, 3.05) is 7.11 Å². The van der Waals surface area contributed by atoms with Crippen molar-refractivity contribution < 1.29 is 28.7 Å². The lowest BCUT2D eigenvalue weighted by atomic mass is 9.96. The fourth-order valence-corrected chi connectivity index (χ4v) is 2.22. The second-order valence-electron chi connectivity index (χ2n) is 8.35. The van der Waals surface area contributed by atoms with E-state index in [9.17, 15) is 19.2 Å². The molecule has 0 unspecified atom stereocenters. The summed E-state index contributed by atoms with van der Waals surface area (Å²) in [6.45, 7) is 13.3. The maximum atomic E-state index is 12.7. The third-order valence-corrected chi connectivity index (χ3v) is 4.05. The molecule has 0 bridgehead atoms. The third-order valence-electron chi connectivity index (χ3n) is 4.05. The molecular weight excluding hydrogens is 366 g/mol. The van der Waals surface area contributed by atoms with Crippen LogP contribution in [0.5, 0.6) is 0 Å². The average molecular weight is 402 g/mol. The summed E-state index contributed by atoms with van der Waals surface area (Å²) in [7, 11) is 1.23. The molecule has 9 nitrogen and oxygen atoms in total. The molecule has 3 atom stereocenters. The number of hydrogen-bond donors (Lipinski definition) is 3. The van der Waals surface area contributed by atoms with Crippen LogP contribution in [0.3, 0.4) is 0 Å². The fourth-order valence-electron chi connectivity index (χ4n) is 2.22. The SMILES string of the molecule is CC[C@@H](C)[C@@H](NC(=O)[C@H](C)NC(=O)OC(C)(C)C)C(=O)NC(C)(C)C(=O)OC. The summed E-state index contributed by atoms with van der Waals surface area (Å²) in [6.07, 6.45) is -0.114. The zero-order valence-electron chi connectivity index (χ0n) is 18.4. The van der Waals surface area contributed by atoms with Gasteiger partial charge in [-0.05, 0) is 47.5 Å². The van der Waals surface area contributed by atoms with Crippen LogP contribution in [-0.2, 0) is 23.9 Å². The summed E-state index contributed by atoms with van der Waals surface area (Å²) in [5, 5.41) is 7.67. The van der Waals surface area contributed by atoms with Gasteiger partial charge in [0.2, 0.25) is 11.8 Å². The Balaban J connectivity index is 5.13. The van der Waals surface area contributed by atoms with Crippen molar-refractivity contribution in [2.24, 2.45) is 5.92 Å². The lowest BCUT2D eigenvalue weighted by Crippen LogP contribution is -2.60. The fraction of sp³-hybridized carbons (Fsp3) is 0.789. The molecule has 0 aromatic rings. The van der Waals surface area contributed by atoms with Crippen LogP contribution in [-0.4, -0.2) is 54.2 Å². The van der Waals surface area contributed by atoms with Crippen molar-refractivity contribution in [3.63, 3.8) is 0 Å². The highest BCUT2D eigenvalue weighted by Gasteiger charge is 2.35. The van der Waals surface area contributed by atoms with Crippen LogP contribution in [0.2, 0.25) is 0 Å². The number of amides is 3. The Morgan fingerprint density at radius 3 is 1.89 bits per heavy atom. The maximum Gasteiger partial charge on any atom is 0.408 e. The second-order valence-corrected chi connectivity index (χ2v) is 8.35. The molecule has 0 fully saturated rings. The molecule has 0 aliphatic heterocycles. The summed E-state index contributed by atoms with van der Waals surface area (Å²) >= 11 is 0. The monoisotopic (exact) mass is 401 g/mol. The Labute approximate surface area is 167 Å². The van der Waals surface area contributed by atoms with Crippen LogP contribution in [0.1, 0.15) is 61.8 Å². The zero-order valence-corrected chi connectivity index (χ0v) is 18.4. The minimum Gasteiger partial charge on any atom is -0.467 e. The molecule has 0 aliphatic carbocycles. The molecule has 0 aliphatic rings. The molecule has 0 aromatic heterocycles. The van der Waals surface area contributed by atoms with E-state index in [2.05, 4.69) is 20.7 Å². The Kier molecular flexibility index (Phi) is 9.43. The smallest absolute Gasteiger partial charge is 0.408 e. The number of carbonyl (C=O) groups is 4. The lowest BCUT2D eigenvalue weighted by molar-refractivity contribution is -0.149. The third kappa shape index (κ3) is 8.58. The van der Waals surface area contributed by atoms with Crippen LogP contribution >= 0.6 is 0 Å². The van der Waals surface area contributed by atoms with Gasteiger partial charge in [0.15, 0.2) is 0 Å². The van der Waals surface area contributed by atoms with Gasteiger partial charge in [0, 0.05) is 0 Å². The molecule has 0 aromatic carbocycles. The first kappa shape index (κ1) is 25.7. The van der Waals surface area contributed by atoms with E-state index >= 15 is 0 Å². The van der Waals surface area contributed by atoms with E-state index in [-0.39, 0.29) is 5.92 Å². The molecule has 0 spiro atoms. The Bertz CT molecular complexity index is 583. The summed E-state index contributed by atoms with van der Waals surface area (Å²) in [5.41, 5.74) is -1.94. The minimum absolute atomic E-state index is 0.203. The van der Waals surface area contributed by atoms with E-state index in [0.29, 0.717) is 6.42 Å². The van der Waals surface area contributed by atoms with Gasteiger partial charge in [-0.3, -0.25) is 9.59 Å². The van der Waals surface area contributed by atoms with Gasteiger partial charge >= 0.3 is 12.1 Å². The van der Waals surface area contributed by atoms with Crippen molar-refractivity contribution in [3.05, 3.63) is 0 Å². The normalized spacial score (nSPS) is 14.9. The number of alkyl carbamates (subject to hydrolysis) is 1. The number of nitrogens with one attached hydrogen (secondary N) is 3. The Hall–Kier alpha value is -2.32. The van der Waals surface area contributed by atoms with E-state index in [1.54, 1.807) is 20.8 Å². The van der Waals surface area contributed by atoms with E-state index in [1.807, 2.05) is 13.8 Å². The molecular formula is C19H35N3O6. The molecule has 0 radical (unpaired) electrons. The quantitative estimate of drug-likeness (QED) is 0.530. The topological polar surface area (TPSA) is 123 Å². The van der Waals surface area contributed by atoms with E-state index in [0.717, 1.165) is 0 Å². The summed E-state index contributed by atoms with van der Waals surface area (Å²) in [6, 6.07) is -1.80. The molecule has 3 N–H and O–H groups in total. The first-order valence-electron chi connectivity index (χ1n) is 9.35. The van der Waals surface area contributed by atoms with Gasteiger partial charge in [-0.1, -0.05) is 20.3 Å². The lowest BCUT2D eigenvalue weighted by Gasteiger charge is -2.30. The van der Waals surface area contributed by atoms with Gasteiger partial charge in [0.1, 0.15) is 23.2 Å². The summed E-state index contributed by atoms with van der Waals surface area (Å²) < 4.78 is 9.81. The van der Waals surface area contributed by atoms with E-state index < -0.39 is 47.1 Å². The molecule has 0 heterocycles. The van der Waals surface area contributed by atoms with Crippen molar-refractivity contribution in [1.29, 1.82) is 0 Å². The van der Waals surface area contributed by atoms with Crippen LogP contribution < -0.4 is 16.0 Å². The number of hydrogen-bond acceptors (Lipinski definition) is 6. The predicted molar refractivity (Wildman–Crippen MR) is 104 cm³/mol. The molecule has 0 rings (SSSR count). The Morgan fingerprint density at radius 2 is 1.46 bits per heavy atom. The highest BCUT2D eigenvalue weighted by Crippen LogP contribution is 2.12. The van der Waals surface area contributed by atoms with Crippen molar-refractivity contribution >= 4 is 23.9 Å². The molecule has 0 saturated carbocycles. The largest absolute Gasteiger partial charge is 0.467 e. The standard InChI is InChI=1S/C19H35N3O6/c1-10-11(2)13(15(24)22-19(7,8)16(25)27-9)21-14(23)12(3)20-17(26)28-18(4,5)6/h11-13H,10H2,1-9H3,(H,20,26)(H,21,23)(H,22,24)/t11-,12+,13-/m1/s1. The highest BCUT2D eigenvalue weighted by atomic mass is 16.6. The van der Waals surface area contributed by atoms with Crippen molar-refractivity contribution in [2.45, 2.75) is 85.0 Å². The van der Waals surface area contributed by atoms with E-state index in [4.69, 9.17) is 4.74 Å². The molecule has 0 saturated heterocycles. The van der Waals surface area contributed by atoms with E-state index in [1.165, 1.54) is 27.9 Å². The summed E-state index contributed by atoms with van der Waals surface area (Å²) in [5.74, 6) is -1.86. The van der Waals surface area contributed by atoms with Crippen LogP contribution in [0.15, 0.2) is 0 Å². The van der Waals surface area contributed by atoms with Gasteiger partial charge < -0.3 is 25.4 Å². The molecule has 28 heavy (non-hydrogen) atoms. The Morgan fingerprint density at radius 1 is 0.929 bits per heavy atom. The van der Waals surface area contributed by atoms with Gasteiger partial charge in [-0.2, -0.15) is 0 Å². The van der Waals surface area contributed by atoms with Crippen molar-refractivity contribution in [1.82, 2.24) is 16.0 Å². The first-order valence-corrected chi connectivity index (χ1v) is 9.35. The average Bonchev–Trinajstić information content (AvgIpc) is 2.55. The van der Waals surface area contributed by atoms with Gasteiger partial charge in [-0.15, -0.1) is 0 Å². The van der Waals surface area contributed by atoms with Gasteiger partial charge in [0.25, 0.3) is 0 Å². The first-order chi connectivity index (χ1) is 12.6. The maximum absolute atomic E-state index is 12.7. The van der Waals surface area contributed by atoms with Gasteiger partial charge in [-0.25, -0.2) is 9.59 Å². The van der Waals surface area contributed by atoms with Crippen molar-refractivity contribution in [3.8, 4) is 0 Å². The number of methoxy groups -OCH3 is 1. The zero-order chi connectivity index (χ0) is 22.3. The van der Waals surface area contributed by atoms with Gasteiger partial charge in [0.05, 0.1) is 7.11 Å². The molecule has 3 amide bonds. The highest BCUT2D eigenvalue weighted by molar-refractivity contribution is 5.94. The predicted octanol–water partition coefficient (Wildman–Crippen LogP) is 1.50. The van der Waals surface area contributed by atoms with Crippen LogP contribution in [0.4, 0.5) is 4.79 Å². The number of rotatable bonds is 8. The number of carbonyl (C=O) groups excluding carboxylic acids is 4. The van der Waals surface area contributed by atoms with Crippen LogP contribution in [0, 0.1) is 5.92 Å². The molecule has 9 heteroatoms. The minimum atomic E-state index is -1.25. The van der Waals surface area contributed by atoms with Crippen LogP contribution in [0.25, 0.3) is 0 Å². The number of esters is 1. The molecule has 162 valence electrons. The number of ether oxygens (including phenoxy) is 2. The summed E-state index contributed by atoms with van der Waals surface area (Å²) in [4.78, 5) is 48.8. The second kappa shape index (κ2) is 10.3.